The Kier molecular flexibility index (Phi) is 4.09. The number of aromatic nitrogens is 2. The van der Waals surface area contributed by atoms with Gasteiger partial charge in [-0.05, 0) is 48.0 Å². The summed E-state index contributed by atoms with van der Waals surface area (Å²) in [6.45, 7) is 1.22. The fourth-order valence-electron chi connectivity index (χ4n) is 3.35. The second-order valence-corrected chi connectivity index (χ2v) is 6.65. The van der Waals surface area contributed by atoms with Crippen molar-refractivity contribution < 1.29 is 23.8 Å². The van der Waals surface area contributed by atoms with Crippen LogP contribution in [0, 0.1) is 0 Å². The highest BCUT2D eigenvalue weighted by molar-refractivity contribution is 5.93. The van der Waals surface area contributed by atoms with E-state index in [1.807, 2.05) is 34.9 Å². The number of anilines is 1. The lowest BCUT2D eigenvalue weighted by Crippen LogP contribution is -2.08. The van der Waals surface area contributed by atoms with Crippen molar-refractivity contribution in [3.05, 3.63) is 71.7 Å². The molecule has 0 saturated heterocycles. The molecule has 0 atom stereocenters. The van der Waals surface area contributed by atoms with Gasteiger partial charge in [0.2, 0.25) is 12.7 Å². The summed E-state index contributed by atoms with van der Waals surface area (Å²) >= 11 is 0. The van der Waals surface area contributed by atoms with Crippen molar-refractivity contribution in [2.24, 2.45) is 0 Å². The van der Waals surface area contributed by atoms with E-state index in [-0.39, 0.29) is 12.4 Å². The minimum atomic E-state index is -0.984. The molecule has 0 unspecified atom stereocenters. The van der Waals surface area contributed by atoms with E-state index < -0.39 is 5.97 Å². The molecule has 0 fully saturated rings. The van der Waals surface area contributed by atoms with E-state index in [4.69, 9.17) is 13.9 Å². The summed E-state index contributed by atoms with van der Waals surface area (Å²) in [5.41, 5.74) is 2.63. The third kappa shape index (κ3) is 3.25. The number of fused-ring (bicyclic) bond motifs is 2. The van der Waals surface area contributed by atoms with E-state index in [0.717, 1.165) is 28.3 Å². The SMILES string of the molecule is O=C(O)c1ccc2c(c1)nc(NCc1ccc3c(c1)OCO3)n2Cc1ccco1. The third-order valence-corrected chi connectivity index (χ3v) is 4.78. The summed E-state index contributed by atoms with van der Waals surface area (Å²) in [4.78, 5) is 15.9. The van der Waals surface area contributed by atoms with E-state index in [1.54, 1.807) is 24.5 Å². The number of nitrogens with one attached hydrogen (secondary N) is 1. The van der Waals surface area contributed by atoms with Gasteiger partial charge in [0.15, 0.2) is 11.5 Å². The maximum Gasteiger partial charge on any atom is 0.335 e. The Morgan fingerprint density at radius 3 is 2.86 bits per heavy atom. The van der Waals surface area contributed by atoms with E-state index in [9.17, 15) is 9.90 Å². The largest absolute Gasteiger partial charge is 0.478 e. The lowest BCUT2D eigenvalue weighted by molar-refractivity contribution is 0.0697. The van der Waals surface area contributed by atoms with Gasteiger partial charge in [-0.3, -0.25) is 0 Å². The zero-order valence-corrected chi connectivity index (χ0v) is 15.3. The van der Waals surface area contributed by atoms with Crippen LogP contribution < -0.4 is 14.8 Å². The Morgan fingerprint density at radius 2 is 2.03 bits per heavy atom. The van der Waals surface area contributed by atoms with Gasteiger partial charge in [-0.1, -0.05) is 6.07 Å². The normalized spacial score (nSPS) is 12.4. The van der Waals surface area contributed by atoms with Crippen molar-refractivity contribution in [2.45, 2.75) is 13.1 Å². The molecule has 0 amide bonds. The quantitative estimate of drug-likeness (QED) is 0.517. The van der Waals surface area contributed by atoms with Gasteiger partial charge in [-0.25, -0.2) is 9.78 Å². The van der Waals surface area contributed by atoms with Crippen LogP contribution in [0.1, 0.15) is 21.7 Å². The molecule has 0 saturated carbocycles. The van der Waals surface area contributed by atoms with Crippen molar-refractivity contribution in [1.29, 1.82) is 0 Å². The number of benzene rings is 2. The predicted octanol–water partition coefficient (Wildman–Crippen LogP) is 3.72. The Morgan fingerprint density at radius 1 is 1.14 bits per heavy atom. The van der Waals surface area contributed by atoms with Crippen molar-refractivity contribution in [3.63, 3.8) is 0 Å². The first-order valence-electron chi connectivity index (χ1n) is 9.06. The molecule has 0 bridgehead atoms. The molecule has 0 radical (unpaired) electrons. The highest BCUT2D eigenvalue weighted by Crippen LogP contribution is 2.32. The van der Waals surface area contributed by atoms with Crippen molar-refractivity contribution in [2.75, 3.05) is 12.1 Å². The molecule has 5 rings (SSSR count). The van der Waals surface area contributed by atoms with Gasteiger partial charge >= 0.3 is 5.97 Å². The predicted molar refractivity (Wildman–Crippen MR) is 104 cm³/mol. The van der Waals surface area contributed by atoms with Crippen LogP contribution in [0.4, 0.5) is 5.95 Å². The second-order valence-electron chi connectivity index (χ2n) is 6.65. The smallest absolute Gasteiger partial charge is 0.335 e. The van der Waals surface area contributed by atoms with Crippen LogP contribution in [-0.4, -0.2) is 27.4 Å². The second kappa shape index (κ2) is 6.90. The third-order valence-electron chi connectivity index (χ3n) is 4.78. The van der Waals surface area contributed by atoms with E-state index in [1.165, 1.54) is 0 Å². The Hall–Kier alpha value is -3.94. The Bertz CT molecular complexity index is 1200. The summed E-state index contributed by atoms with van der Waals surface area (Å²) in [5.74, 6) is 1.87. The molecule has 0 aliphatic carbocycles. The minimum absolute atomic E-state index is 0.197. The monoisotopic (exact) mass is 391 g/mol. The lowest BCUT2D eigenvalue weighted by atomic mass is 10.2. The summed E-state index contributed by atoms with van der Waals surface area (Å²) in [6, 6.07) is 14.4. The van der Waals surface area contributed by atoms with Crippen LogP contribution in [0.3, 0.4) is 0 Å². The number of carboxylic acids is 1. The first-order chi connectivity index (χ1) is 14.2. The van der Waals surface area contributed by atoms with Crippen LogP contribution in [0.5, 0.6) is 11.5 Å². The van der Waals surface area contributed by atoms with Crippen LogP contribution in [0.15, 0.2) is 59.2 Å². The number of hydrogen-bond acceptors (Lipinski definition) is 6. The van der Waals surface area contributed by atoms with E-state index in [2.05, 4.69) is 10.3 Å². The zero-order chi connectivity index (χ0) is 19.8. The van der Waals surface area contributed by atoms with Crippen molar-refractivity contribution in [3.8, 4) is 11.5 Å². The standard InChI is InChI=1S/C21H17N3O5/c25-20(26)14-4-5-17-16(9-14)23-21(24(17)11-15-2-1-7-27-15)22-10-13-3-6-18-19(8-13)29-12-28-18/h1-9H,10-12H2,(H,22,23)(H,25,26). The van der Waals surface area contributed by atoms with Gasteiger partial charge in [0.1, 0.15) is 5.76 Å². The number of carbonyl (C=O) groups is 1. The van der Waals surface area contributed by atoms with Crippen LogP contribution in [0.2, 0.25) is 0 Å². The van der Waals surface area contributed by atoms with Crippen molar-refractivity contribution in [1.82, 2.24) is 9.55 Å². The molecule has 1 aliphatic rings. The molecule has 2 aromatic carbocycles. The molecular weight excluding hydrogens is 374 g/mol. The number of aromatic carboxylic acids is 1. The van der Waals surface area contributed by atoms with Crippen LogP contribution >= 0.6 is 0 Å². The van der Waals surface area contributed by atoms with Gasteiger partial charge < -0.3 is 28.9 Å². The average molecular weight is 391 g/mol. The summed E-state index contributed by atoms with van der Waals surface area (Å²) in [6.07, 6.45) is 1.62. The molecule has 2 N–H and O–H groups in total. The number of imidazole rings is 1. The topological polar surface area (TPSA) is 98.8 Å². The maximum atomic E-state index is 11.3. The van der Waals surface area contributed by atoms with Crippen LogP contribution in [0.25, 0.3) is 11.0 Å². The maximum absolute atomic E-state index is 11.3. The van der Waals surface area contributed by atoms with Gasteiger partial charge in [-0.15, -0.1) is 0 Å². The van der Waals surface area contributed by atoms with E-state index >= 15 is 0 Å². The molecule has 1 aliphatic heterocycles. The summed E-state index contributed by atoms with van der Waals surface area (Å²) in [7, 11) is 0. The number of rotatable bonds is 6. The molecule has 4 aromatic rings. The van der Waals surface area contributed by atoms with Crippen LogP contribution in [-0.2, 0) is 13.1 Å². The highest BCUT2D eigenvalue weighted by atomic mass is 16.7. The molecule has 8 heteroatoms. The fraction of sp³-hybridized carbons (Fsp3) is 0.143. The number of furan rings is 1. The Balaban J connectivity index is 1.48. The van der Waals surface area contributed by atoms with E-state index in [0.29, 0.717) is 24.6 Å². The van der Waals surface area contributed by atoms with Gasteiger partial charge in [0.05, 0.1) is 29.4 Å². The molecule has 29 heavy (non-hydrogen) atoms. The Labute approximate surface area is 165 Å². The lowest BCUT2D eigenvalue weighted by Gasteiger charge is -2.10. The number of nitrogens with zero attached hydrogens (tertiary/aromatic N) is 2. The highest BCUT2D eigenvalue weighted by Gasteiger charge is 2.16. The number of hydrogen-bond donors (Lipinski definition) is 2. The first-order valence-corrected chi connectivity index (χ1v) is 9.06. The van der Waals surface area contributed by atoms with Gasteiger partial charge in [0, 0.05) is 6.54 Å². The number of carboxylic acid groups (broad SMARTS) is 1. The zero-order valence-electron chi connectivity index (χ0n) is 15.3. The fourth-order valence-corrected chi connectivity index (χ4v) is 3.35. The summed E-state index contributed by atoms with van der Waals surface area (Å²) < 4.78 is 18.2. The molecule has 0 spiro atoms. The summed E-state index contributed by atoms with van der Waals surface area (Å²) in [5, 5.41) is 12.6. The minimum Gasteiger partial charge on any atom is -0.478 e. The molecule has 8 nitrogen and oxygen atoms in total. The molecule has 146 valence electrons. The first kappa shape index (κ1) is 17.2. The van der Waals surface area contributed by atoms with Gasteiger partial charge in [-0.2, -0.15) is 0 Å². The van der Waals surface area contributed by atoms with Crippen molar-refractivity contribution >= 4 is 23.0 Å². The number of ether oxygens (including phenoxy) is 2. The molecule has 3 heterocycles. The van der Waals surface area contributed by atoms with Gasteiger partial charge in [0.25, 0.3) is 0 Å². The molecule has 2 aromatic heterocycles. The molecular formula is C21H17N3O5. The average Bonchev–Trinajstić information content (AvgIpc) is 3.46.